The number of fused-ring (bicyclic) bond motifs is 1. The molecule has 4 rings (SSSR count). The van der Waals surface area contributed by atoms with E-state index in [4.69, 9.17) is 14.2 Å². The summed E-state index contributed by atoms with van der Waals surface area (Å²) in [6, 6.07) is 15.1. The number of hydrogen-bond donors (Lipinski definition) is 1. The number of ether oxygens (including phenoxy) is 3. The monoisotopic (exact) mass is 422 g/mol. The Labute approximate surface area is 179 Å². The average molecular weight is 423 g/mol. The molecule has 1 amide bonds. The first-order valence-electron chi connectivity index (χ1n) is 9.64. The van der Waals surface area contributed by atoms with E-state index in [2.05, 4.69) is 10.3 Å². The van der Waals surface area contributed by atoms with E-state index in [0.717, 1.165) is 27.8 Å². The second-order valence-corrected chi connectivity index (χ2v) is 7.86. The van der Waals surface area contributed by atoms with Gasteiger partial charge in [0, 0.05) is 11.5 Å². The molecule has 2 aromatic carbocycles. The summed E-state index contributed by atoms with van der Waals surface area (Å²) in [5, 5.41) is 5.86. The third-order valence-corrected chi connectivity index (χ3v) is 5.23. The maximum Gasteiger partial charge on any atom is 0.244 e. The van der Waals surface area contributed by atoms with Crippen LogP contribution in [-0.4, -0.2) is 30.1 Å². The minimum atomic E-state index is -0.219. The topological polar surface area (TPSA) is 69.7 Å². The van der Waals surface area contributed by atoms with Gasteiger partial charge in [0.1, 0.15) is 25.1 Å². The van der Waals surface area contributed by atoms with Crippen LogP contribution in [0.25, 0.3) is 6.08 Å². The number of carbonyl (C=O) groups is 1. The highest BCUT2D eigenvalue weighted by Gasteiger charge is 2.20. The SMILES string of the molecule is Cc1nc(COc2cccc(/C=C/C(=O)NC[C@@H]3COc4ccccc4O3)c2)cs1. The van der Waals surface area contributed by atoms with E-state index in [0.29, 0.717) is 25.5 Å². The van der Waals surface area contributed by atoms with Crippen LogP contribution in [0.2, 0.25) is 0 Å². The van der Waals surface area contributed by atoms with Gasteiger partial charge in [-0.25, -0.2) is 4.98 Å². The van der Waals surface area contributed by atoms with Crippen LogP contribution >= 0.6 is 11.3 Å². The zero-order valence-corrected chi connectivity index (χ0v) is 17.4. The van der Waals surface area contributed by atoms with Crippen LogP contribution in [0.4, 0.5) is 0 Å². The summed E-state index contributed by atoms with van der Waals surface area (Å²) in [6.45, 7) is 3.16. The van der Waals surface area contributed by atoms with Crippen LogP contribution in [0.15, 0.2) is 60.0 Å². The predicted molar refractivity (Wildman–Crippen MR) is 116 cm³/mol. The number of nitrogens with one attached hydrogen (secondary N) is 1. The van der Waals surface area contributed by atoms with E-state index >= 15 is 0 Å². The zero-order valence-electron chi connectivity index (χ0n) is 16.5. The summed E-state index contributed by atoms with van der Waals surface area (Å²) in [5.41, 5.74) is 1.79. The second kappa shape index (κ2) is 9.45. The van der Waals surface area contributed by atoms with Crippen molar-refractivity contribution < 1.29 is 19.0 Å². The maximum atomic E-state index is 12.2. The fraction of sp³-hybridized carbons (Fsp3) is 0.217. The van der Waals surface area contributed by atoms with Crippen molar-refractivity contribution in [3.63, 3.8) is 0 Å². The van der Waals surface area contributed by atoms with Gasteiger partial charge in [-0.1, -0.05) is 24.3 Å². The molecule has 6 nitrogen and oxygen atoms in total. The number of aromatic nitrogens is 1. The molecule has 0 spiro atoms. The molecule has 0 saturated heterocycles. The van der Waals surface area contributed by atoms with Crippen LogP contribution in [0.1, 0.15) is 16.3 Å². The van der Waals surface area contributed by atoms with Gasteiger partial charge in [0.05, 0.1) is 17.2 Å². The smallest absolute Gasteiger partial charge is 0.244 e. The highest BCUT2D eigenvalue weighted by atomic mass is 32.1. The molecule has 1 N–H and O–H groups in total. The number of carbonyl (C=O) groups excluding carboxylic acids is 1. The van der Waals surface area contributed by atoms with Gasteiger partial charge in [0.2, 0.25) is 5.91 Å². The standard InChI is InChI=1S/C23H22N2O4S/c1-16-25-18(15-30-16)13-27-19-6-4-5-17(11-19)9-10-23(26)24-12-20-14-28-21-7-2-3-8-22(21)29-20/h2-11,15,20H,12-14H2,1H3,(H,24,26)/b10-9+/t20-/m1/s1. The lowest BCUT2D eigenvalue weighted by Crippen LogP contribution is -2.40. The van der Waals surface area contributed by atoms with Crippen LogP contribution in [0.3, 0.4) is 0 Å². The van der Waals surface area contributed by atoms with Crippen LogP contribution < -0.4 is 19.5 Å². The highest BCUT2D eigenvalue weighted by molar-refractivity contribution is 7.09. The highest BCUT2D eigenvalue weighted by Crippen LogP contribution is 2.30. The van der Waals surface area contributed by atoms with E-state index in [-0.39, 0.29) is 12.0 Å². The van der Waals surface area contributed by atoms with Crippen molar-refractivity contribution in [3.05, 3.63) is 76.3 Å². The molecule has 7 heteroatoms. The zero-order chi connectivity index (χ0) is 20.8. The molecule has 30 heavy (non-hydrogen) atoms. The number of nitrogens with zero attached hydrogens (tertiary/aromatic N) is 1. The third-order valence-electron chi connectivity index (χ3n) is 4.41. The van der Waals surface area contributed by atoms with Gasteiger partial charge < -0.3 is 19.5 Å². The van der Waals surface area contributed by atoms with Crippen molar-refractivity contribution in [3.8, 4) is 17.2 Å². The number of rotatable bonds is 7. The largest absolute Gasteiger partial charge is 0.487 e. The molecule has 0 fully saturated rings. The molecule has 0 unspecified atom stereocenters. The van der Waals surface area contributed by atoms with Gasteiger partial charge in [-0.05, 0) is 42.8 Å². The minimum absolute atomic E-state index is 0.193. The second-order valence-electron chi connectivity index (χ2n) is 6.80. The number of amides is 1. The predicted octanol–water partition coefficient (Wildman–Crippen LogP) is 4.00. The molecule has 1 aliphatic heterocycles. The van der Waals surface area contributed by atoms with Crippen molar-refractivity contribution in [2.45, 2.75) is 19.6 Å². The number of thiazole rings is 1. The third kappa shape index (κ3) is 5.39. The van der Waals surface area contributed by atoms with Gasteiger partial charge in [-0.3, -0.25) is 4.79 Å². The van der Waals surface area contributed by atoms with E-state index < -0.39 is 0 Å². The Kier molecular flexibility index (Phi) is 6.29. The summed E-state index contributed by atoms with van der Waals surface area (Å²) in [4.78, 5) is 16.6. The van der Waals surface area contributed by atoms with Crippen LogP contribution in [0, 0.1) is 6.92 Å². The summed E-state index contributed by atoms with van der Waals surface area (Å²) in [6.07, 6.45) is 3.03. The molecule has 0 saturated carbocycles. The van der Waals surface area contributed by atoms with Gasteiger partial charge in [0.25, 0.3) is 0 Å². The first-order valence-corrected chi connectivity index (χ1v) is 10.5. The van der Waals surface area contributed by atoms with E-state index in [1.807, 2.05) is 60.8 Å². The molecule has 0 bridgehead atoms. The first kappa shape index (κ1) is 20.0. The Morgan fingerprint density at radius 2 is 2.13 bits per heavy atom. The Bertz CT molecular complexity index is 1050. The maximum absolute atomic E-state index is 12.2. The molecule has 0 radical (unpaired) electrons. The van der Waals surface area contributed by atoms with Crippen LogP contribution in [0.5, 0.6) is 17.2 Å². The first-order chi connectivity index (χ1) is 14.7. The van der Waals surface area contributed by atoms with E-state index in [1.54, 1.807) is 17.4 Å². The quantitative estimate of drug-likeness (QED) is 0.583. The van der Waals surface area contributed by atoms with E-state index in [9.17, 15) is 4.79 Å². The van der Waals surface area contributed by atoms with Gasteiger partial charge in [-0.15, -0.1) is 11.3 Å². The fourth-order valence-corrected chi connectivity index (χ4v) is 3.55. The lowest BCUT2D eigenvalue weighted by Gasteiger charge is -2.26. The van der Waals surface area contributed by atoms with Gasteiger partial charge in [0.15, 0.2) is 11.5 Å². The summed E-state index contributed by atoms with van der Waals surface area (Å²) in [5.74, 6) is 1.96. The van der Waals surface area contributed by atoms with Gasteiger partial charge >= 0.3 is 0 Å². The normalized spacial score (nSPS) is 15.2. The fourth-order valence-electron chi connectivity index (χ4n) is 2.95. The van der Waals surface area contributed by atoms with Crippen molar-refractivity contribution in [1.29, 1.82) is 0 Å². The van der Waals surface area contributed by atoms with Crippen molar-refractivity contribution >= 4 is 23.3 Å². The molecule has 1 atom stereocenters. The number of para-hydroxylation sites is 2. The van der Waals surface area contributed by atoms with Crippen molar-refractivity contribution in [1.82, 2.24) is 10.3 Å². The molecule has 3 aromatic rings. The lowest BCUT2D eigenvalue weighted by atomic mass is 10.2. The Balaban J connectivity index is 1.26. The Hall–Kier alpha value is -3.32. The Morgan fingerprint density at radius 3 is 2.97 bits per heavy atom. The number of hydrogen-bond acceptors (Lipinski definition) is 6. The Morgan fingerprint density at radius 1 is 1.27 bits per heavy atom. The number of benzene rings is 2. The van der Waals surface area contributed by atoms with Gasteiger partial charge in [-0.2, -0.15) is 0 Å². The molecule has 0 aliphatic carbocycles. The molecule has 1 aromatic heterocycles. The lowest BCUT2D eigenvalue weighted by molar-refractivity contribution is -0.116. The molecule has 1 aliphatic rings. The molecular formula is C23H22N2O4S. The summed E-state index contributed by atoms with van der Waals surface area (Å²) in [7, 11) is 0. The average Bonchev–Trinajstić information content (AvgIpc) is 3.20. The summed E-state index contributed by atoms with van der Waals surface area (Å²) < 4.78 is 17.3. The van der Waals surface area contributed by atoms with E-state index in [1.165, 1.54) is 6.08 Å². The van der Waals surface area contributed by atoms with Crippen molar-refractivity contribution in [2.24, 2.45) is 0 Å². The summed E-state index contributed by atoms with van der Waals surface area (Å²) >= 11 is 1.60. The van der Waals surface area contributed by atoms with Crippen LogP contribution in [-0.2, 0) is 11.4 Å². The number of aryl methyl sites for hydroxylation is 1. The molecule has 2 heterocycles. The molecular weight excluding hydrogens is 400 g/mol. The van der Waals surface area contributed by atoms with Crippen molar-refractivity contribution in [2.75, 3.05) is 13.2 Å². The molecule has 154 valence electrons. The minimum Gasteiger partial charge on any atom is -0.487 e.